The Morgan fingerprint density at radius 3 is 2.49 bits per heavy atom. The summed E-state index contributed by atoms with van der Waals surface area (Å²) in [6.07, 6.45) is 1.78. The summed E-state index contributed by atoms with van der Waals surface area (Å²) >= 11 is 5.91. The number of carbonyl (C=O) groups is 1. The molecule has 200 valence electrons. The molecule has 6 nitrogen and oxygen atoms in total. The van der Waals surface area contributed by atoms with E-state index in [1.54, 1.807) is 18.3 Å². The SMILES string of the molecule is Cc1cc(N2C(=S)NC(c3ccccn3)C2c2cc(C)n(-c3cccc(F)c3)c2C)ccc1NC(=O)C(C)C. The summed E-state index contributed by atoms with van der Waals surface area (Å²) in [5, 5.41) is 7.11. The van der Waals surface area contributed by atoms with E-state index in [9.17, 15) is 9.18 Å². The van der Waals surface area contributed by atoms with E-state index >= 15 is 0 Å². The number of amides is 1. The van der Waals surface area contributed by atoms with Crippen molar-refractivity contribution < 1.29 is 9.18 Å². The average Bonchev–Trinajstić information content (AvgIpc) is 3.40. The Kier molecular flexibility index (Phi) is 7.23. The predicted molar refractivity (Wildman–Crippen MR) is 158 cm³/mol. The average molecular weight is 542 g/mol. The molecule has 5 rings (SSSR count). The highest BCUT2D eigenvalue weighted by Crippen LogP contribution is 2.44. The number of halogens is 1. The van der Waals surface area contributed by atoms with Crippen LogP contribution in [0.15, 0.2) is 72.9 Å². The number of nitrogens with one attached hydrogen (secondary N) is 2. The fraction of sp³-hybridized carbons (Fsp3) is 0.258. The molecular formula is C31H32FN5OS. The molecule has 2 N–H and O–H groups in total. The van der Waals surface area contributed by atoms with Gasteiger partial charge in [-0.15, -0.1) is 0 Å². The molecule has 2 aromatic heterocycles. The van der Waals surface area contributed by atoms with Gasteiger partial charge in [-0.05, 0) is 98.7 Å². The summed E-state index contributed by atoms with van der Waals surface area (Å²) in [4.78, 5) is 19.1. The molecule has 1 aliphatic rings. The highest BCUT2D eigenvalue weighted by Gasteiger charge is 2.42. The van der Waals surface area contributed by atoms with Crippen molar-refractivity contribution in [2.45, 2.75) is 46.7 Å². The van der Waals surface area contributed by atoms with Gasteiger partial charge in [-0.2, -0.15) is 0 Å². The van der Waals surface area contributed by atoms with Crippen LogP contribution in [-0.4, -0.2) is 20.6 Å². The number of thiocarbonyl (C=S) groups is 1. The zero-order valence-corrected chi connectivity index (χ0v) is 23.5. The van der Waals surface area contributed by atoms with Crippen molar-refractivity contribution in [1.29, 1.82) is 0 Å². The molecule has 2 unspecified atom stereocenters. The second-order valence-electron chi connectivity index (χ2n) is 10.3. The van der Waals surface area contributed by atoms with E-state index in [1.165, 1.54) is 6.07 Å². The number of rotatable bonds is 6. The predicted octanol–water partition coefficient (Wildman–Crippen LogP) is 6.71. The van der Waals surface area contributed by atoms with E-state index < -0.39 is 0 Å². The lowest BCUT2D eigenvalue weighted by molar-refractivity contribution is -0.118. The highest BCUT2D eigenvalue weighted by atomic mass is 32.1. The quantitative estimate of drug-likeness (QED) is 0.266. The molecular weight excluding hydrogens is 509 g/mol. The van der Waals surface area contributed by atoms with Gasteiger partial charge in [0.2, 0.25) is 5.91 Å². The first-order chi connectivity index (χ1) is 18.7. The molecule has 0 aliphatic carbocycles. The fourth-order valence-corrected chi connectivity index (χ4v) is 5.61. The maximum atomic E-state index is 14.2. The molecule has 1 fully saturated rings. The number of benzene rings is 2. The minimum atomic E-state index is -0.279. The van der Waals surface area contributed by atoms with Gasteiger partial charge in [-0.1, -0.05) is 26.0 Å². The summed E-state index contributed by atoms with van der Waals surface area (Å²) in [6.45, 7) is 9.80. The lowest BCUT2D eigenvalue weighted by atomic mass is 9.96. The van der Waals surface area contributed by atoms with Crippen molar-refractivity contribution in [3.8, 4) is 5.69 Å². The summed E-state index contributed by atoms with van der Waals surface area (Å²) in [5.74, 6) is -0.420. The second-order valence-corrected chi connectivity index (χ2v) is 10.7. The number of carbonyl (C=O) groups excluding carboxylic acids is 1. The molecule has 8 heteroatoms. The number of aryl methyl sites for hydroxylation is 2. The number of aromatic nitrogens is 2. The van der Waals surface area contributed by atoms with Gasteiger partial charge >= 0.3 is 0 Å². The van der Waals surface area contributed by atoms with E-state index in [1.807, 2.05) is 70.2 Å². The largest absolute Gasteiger partial charge is 0.351 e. The molecule has 2 aromatic carbocycles. The minimum absolute atomic E-state index is 0.0258. The molecule has 0 bridgehead atoms. The van der Waals surface area contributed by atoms with Crippen molar-refractivity contribution in [1.82, 2.24) is 14.9 Å². The molecule has 0 radical (unpaired) electrons. The number of pyridine rings is 1. The van der Waals surface area contributed by atoms with Crippen LogP contribution in [0.5, 0.6) is 0 Å². The van der Waals surface area contributed by atoms with Gasteiger partial charge in [0.25, 0.3) is 0 Å². The number of anilines is 2. The van der Waals surface area contributed by atoms with Gasteiger partial charge < -0.3 is 20.1 Å². The van der Waals surface area contributed by atoms with Crippen molar-refractivity contribution >= 4 is 34.6 Å². The molecule has 0 saturated carbocycles. The van der Waals surface area contributed by atoms with Gasteiger partial charge in [0.15, 0.2) is 5.11 Å². The Morgan fingerprint density at radius 2 is 1.82 bits per heavy atom. The molecule has 2 atom stereocenters. The summed E-state index contributed by atoms with van der Waals surface area (Å²) < 4.78 is 16.2. The third kappa shape index (κ3) is 5.04. The number of nitrogens with zero attached hydrogens (tertiary/aromatic N) is 3. The van der Waals surface area contributed by atoms with Crippen LogP contribution in [-0.2, 0) is 4.79 Å². The van der Waals surface area contributed by atoms with Crippen molar-refractivity contribution in [3.05, 3.63) is 107 Å². The zero-order chi connectivity index (χ0) is 27.8. The molecule has 39 heavy (non-hydrogen) atoms. The van der Waals surface area contributed by atoms with Crippen LogP contribution in [0.3, 0.4) is 0 Å². The minimum Gasteiger partial charge on any atom is -0.351 e. The van der Waals surface area contributed by atoms with Crippen LogP contribution in [0.25, 0.3) is 5.69 Å². The number of hydrogen-bond acceptors (Lipinski definition) is 3. The lowest BCUT2D eigenvalue weighted by Gasteiger charge is -2.29. The van der Waals surface area contributed by atoms with Gasteiger partial charge in [0, 0.05) is 40.6 Å². The molecule has 1 aliphatic heterocycles. The van der Waals surface area contributed by atoms with Gasteiger partial charge in [-0.25, -0.2) is 4.39 Å². The van der Waals surface area contributed by atoms with Crippen LogP contribution >= 0.6 is 12.2 Å². The van der Waals surface area contributed by atoms with Gasteiger partial charge in [0.05, 0.1) is 17.8 Å². The summed E-state index contributed by atoms with van der Waals surface area (Å²) in [7, 11) is 0. The van der Waals surface area contributed by atoms with E-state index in [0.29, 0.717) is 5.11 Å². The normalized spacial score (nSPS) is 17.0. The highest BCUT2D eigenvalue weighted by molar-refractivity contribution is 7.80. The Labute approximate surface area is 233 Å². The Hall–Kier alpha value is -4.04. The molecule has 1 saturated heterocycles. The monoisotopic (exact) mass is 541 g/mol. The third-order valence-electron chi connectivity index (χ3n) is 7.22. The van der Waals surface area contributed by atoms with E-state index in [0.717, 1.165) is 45.3 Å². The first-order valence-corrected chi connectivity index (χ1v) is 13.4. The van der Waals surface area contributed by atoms with Gasteiger partial charge in [0.1, 0.15) is 5.82 Å². The maximum Gasteiger partial charge on any atom is 0.226 e. The van der Waals surface area contributed by atoms with Crippen LogP contribution in [0.2, 0.25) is 0 Å². The van der Waals surface area contributed by atoms with E-state index in [2.05, 4.69) is 38.1 Å². The van der Waals surface area contributed by atoms with Gasteiger partial charge in [-0.3, -0.25) is 9.78 Å². The van der Waals surface area contributed by atoms with Crippen LogP contribution in [0.4, 0.5) is 15.8 Å². The fourth-order valence-electron chi connectivity index (χ4n) is 5.26. The number of hydrogen-bond donors (Lipinski definition) is 2. The van der Waals surface area contributed by atoms with Crippen LogP contribution in [0, 0.1) is 32.5 Å². The molecule has 3 heterocycles. The van der Waals surface area contributed by atoms with Crippen molar-refractivity contribution in [3.63, 3.8) is 0 Å². The van der Waals surface area contributed by atoms with E-state index in [-0.39, 0.29) is 29.7 Å². The summed E-state index contributed by atoms with van der Waals surface area (Å²) in [6, 6.07) is 20.2. The van der Waals surface area contributed by atoms with Crippen LogP contribution in [0.1, 0.15) is 54.1 Å². The zero-order valence-electron chi connectivity index (χ0n) is 22.7. The first-order valence-electron chi connectivity index (χ1n) is 13.0. The topological polar surface area (TPSA) is 62.2 Å². The molecule has 1 amide bonds. The Balaban J connectivity index is 1.62. The van der Waals surface area contributed by atoms with Crippen molar-refractivity contribution in [2.24, 2.45) is 5.92 Å². The first kappa shape index (κ1) is 26.6. The van der Waals surface area contributed by atoms with Crippen molar-refractivity contribution in [2.75, 3.05) is 10.2 Å². The molecule has 0 spiro atoms. The third-order valence-corrected chi connectivity index (χ3v) is 7.54. The van der Waals surface area contributed by atoms with Crippen LogP contribution < -0.4 is 15.5 Å². The smallest absolute Gasteiger partial charge is 0.226 e. The standard InChI is InChI=1S/C31H32FN5OS/c1-18(2)30(38)34-26-13-12-24(15-19(26)3)37-29(28(35-31(37)39)27-11-6-7-14-33-27)25-16-20(4)36(21(25)5)23-10-8-9-22(32)17-23/h6-18,28-29H,1-5H3,(H,34,38)(H,35,39). The molecule has 4 aromatic rings. The lowest BCUT2D eigenvalue weighted by Crippen LogP contribution is -2.29. The Morgan fingerprint density at radius 1 is 1.03 bits per heavy atom. The van der Waals surface area contributed by atoms with E-state index in [4.69, 9.17) is 12.2 Å². The maximum absolute atomic E-state index is 14.2. The second kappa shape index (κ2) is 10.6. The Bertz CT molecular complexity index is 1550. The summed E-state index contributed by atoms with van der Waals surface area (Å²) in [5.41, 5.74) is 7.33.